The Morgan fingerprint density at radius 3 is 3.00 bits per heavy atom. The van der Waals surface area contributed by atoms with Crippen LogP contribution >= 0.6 is 0 Å². The van der Waals surface area contributed by atoms with Gasteiger partial charge in [0.2, 0.25) is 0 Å². The minimum Gasteiger partial charge on any atom is -0.382 e. The van der Waals surface area contributed by atoms with Gasteiger partial charge in [0.15, 0.2) is 0 Å². The van der Waals surface area contributed by atoms with E-state index in [-0.39, 0.29) is 5.82 Å². The van der Waals surface area contributed by atoms with E-state index in [1.165, 1.54) is 12.1 Å². The molecule has 2 N–H and O–H groups in total. The maximum absolute atomic E-state index is 13.2. The van der Waals surface area contributed by atoms with Crippen LogP contribution in [-0.4, -0.2) is 18.6 Å². The number of nitrogens with zero attached hydrogens (tertiary/aromatic N) is 1. The fourth-order valence-corrected chi connectivity index (χ4v) is 2.24. The van der Waals surface area contributed by atoms with Crippen molar-refractivity contribution in [2.75, 3.05) is 11.9 Å². The summed E-state index contributed by atoms with van der Waals surface area (Å²) in [5.41, 5.74) is 1.05. The van der Waals surface area contributed by atoms with Crippen LogP contribution in [0.1, 0.15) is 25.3 Å². The highest BCUT2D eigenvalue weighted by Gasteiger charge is 2.18. The molecular formula is C13H16FN3. The normalized spacial score (nSPS) is 24.1. The van der Waals surface area contributed by atoms with Crippen molar-refractivity contribution < 1.29 is 4.39 Å². The van der Waals surface area contributed by atoms with Gasteiger partial charge in [-0.2, -0.15) is 5.26 Å². The molecule has 1 aliphatic rings. The van der Waals surface area contributed by atoms with Gasteiger partial charge in [-0.1, -0.05) is 0 Å². The lowest BCUT2D eigenvalue weighted by Crippen LogP contribution is -2.41. The summed E-state index contributed by atoms with van der Waals surface area (Å²) in [5, 5.41) is 15.4. The van der Waals surface area contributed by atoms with Gasteiger partial charge in [0.05, 0.1) is 11.6 Å². The Bertz CT molecular complexity index is 439. The SMILES string of the molecule is CC1CC(Nc2cc(F)cc(C#N)c2)CCN1. The third-order valence-corrected chi connectivity index (χ3v) is 3.02. The molecule has 0 radical (unpaired) electrons. The summed E-state index contributed by atoms with van der Waals surface area (Å²) in [6, 6.07) is 7.16. The zero-order valence-electron chi connectivity index (χ0n) is 9.83. The summed E-state index contributed by atoms with van der Waals surface area (Å²) in [6.45, 7) is 3.11. The second kappa shape index (κ2) is 5.15. The molecule has 0 bridgehead atoms. The topological polar surface area (TPSA) is 47.9 Å². The summed E-state index contributed by atoms with van der Waals surface area (Å²) in [6.07, 6.45) is 2.03. The van der Waals surface area contributed by atoms with Gasteiger partial charge in [-0.25, -0.2) is 4.39 Å². The number of rotatable bonds is 2. The molecule has 0 saturated carbocycles. The van der Waals surface area contributed by atoms with Crippen molar-refractivity contribution in [1.29, 1.82) is 5.26 Å². The first-order chi connectivity index (χ1) is 8.17. The first-order valence-corrected chi connectivity index (χ1v) is 5.88. The average molecular weight is 233 g/mol. The van der Waals surface area contributed by atoms with Crippen molar-refractivity contribution in [1.82, 2.24) is 5.32 Å². The summed E-state index contributed by atoms with van der Waals surface area (Å²) in [7, 11) is 0. The van der Waals surface area contributed by atoms with Crippen LogP contribution in [0.15, 0.2) is 18.2 Å². The second-order valence-electron chi connectivity index (χ2n) is 4.56. The smallest absolute Gasteiger partial charge is 0.126 e. The molecule has 2 atom stereocenters. The third kappa shape index (κ3) is 3.18. The second-order valence-corrected chi connectivity index (χ2v) is 4.56. The molecule has 2 unspecified atom stereocenters. The lowest BCUT2D eigenvalue weighted by molar-refractivity contribution is 0.396. The van der Waals surface area contributed by atoms with Crippen molar-refractivity contribution in [3.63, 3.8) is 0 Å². The van der Waals surface area contributed by atoms with E-state index in [0.29, 0.717) is 23.3 Å². The first-order valence-electron chi connectivity index (χ1n) is 5.88. The standard InChI is InChI=1S/C13H16FN3/c1-9-4-12(2-3-16-9)17-13-6-10(8-15)5-11(14)7-13/h5-7,9,12,16-17H,2-4H2,1H3. The molecule has 1 aromatic carbocycles. The van der Waals surface area contributed by atoms with Crippen LogP contribution in [0, 0.1) is 17.1 Å². The lowest BCUT2D eigenvalue weighted by atomic mass is 10.0. The Labute approximate surface area is 101 Å². The number of nitriles is 1. The Balaban J connectivity index is 2.07. The van der Waals surface area contributed by atoms with Gasteiger partial charge < -0.3 is 10.6 Å². The first kappa shape index (κ1) is 11.9. The van der Waals surface area contributed by atoms with E-state index in [2.05, 4.69) is 17.6 Å². The van der Waals surface area contributed by atoms with Gasteiger partial charge in [0, 0.05) is 17.8 Å². The highest BCUT2D eigenvalue weighted by Crippen LogP contribution is 2.18. The minimum atomic E-state index is -0.367. The van der Waals surface area contributed by atoms with Crippen molar-refractivity contribution in [3.05, 3.63) is 29.6 Å². The molecule has 1 aromatic rings. The van der Waals surface area contributed by atoms with Gasteiger partial charge in [0.25, 0.3) is 0 Å². The quantitative estimate of drug-likeness (QED) is 0.823. The molecule has 17 heavy (non-hydrogen) atoms. The van der Waals surface area contributed by atoms with E-state index in [4.69, 9.17) is 5.26 Å². The number of nitrogens with one attached hydrogen (secondary N) is 2. The van der Waals surface area contributed by atoms with Gasteiger partial charge in [-0.05, 0) is 44.5 Å². The Kier molecular flexibility index (Phi) is 3.60. The minimum absolute atomic E-state index is 0.347. The number of benzene rings is 1. The van der Waals surface area contributed by atoms with Crippen LogP contribution in [0.4, 0.5) is 10.1 Å². The highest BCUT2D eigenvalue weighted by molar-refractivity contribution is 5.50. The Hall–Kier alpha value is -1.60. The molecule has 1 heterocycles. The molecule has 4 heteroatoms. The maximum Gasteiger partial charge on any atom is 0.126 e. The number of piperidine rings is 1. The summed E-state index contributed by atoms with van der Waals surface area (Å²) in [5.74, 6) is -0.367. The molecule has 2 rings (SSSR count). The van der Waals surface area contributed by atoms with Gasteiger partial charge in [-0.15, -0.1) is 0 Å². The average Bonchev–Trinajstić information content (AvgIpc) is 2.28. The fourth-order valence-electron chi connectivity index (χ4n) is 2.24. The van der Waals surface area contributed by atoms with Gasteiger partial charge >= 0.3 is 0 Å². The molecule has 90 valence electrons. The van der Waals surface area contributed by atoms with Crippen LogP contribution in [-0.2, 0) is 0 Å². The molecule has 3 nitrogen and oxygen atoms in total. The molecule has 1 saturated heterocycles. The van der Waals surface area contributed by atoms with E-state index in [9.17, 15) is 4.39 Å². The van der Waals surface area contributed by atoms with E-state index >= 15 is 0 Å². The summed E-state index contributed by atoms with van der Waals surface area (Å²) < 4.78 is 13.2. The third-order valence-electron chi connectivity index (χ3n) is 3.02. The summed E-state index contributed by atoms with van der Waals surface area (Å²) in [4.78, 5) is 0. The van der Waals surface area contributed by atoms with Crippen LogP contribution in [0.3, 0.4) is 0 Å². The molecule has 0 spiro atoms. The molecule has 1 aliphatic heterocycles. The van der Waals surface area contributed by atoms with Crippen LogP contribution < -0.4 is 10.6 Å². The van der Waals surface area contributed by atoms with Gasteiger partial charge in [0.1, 0.15) is 5.82 Å². The zero-order chi connectivity index (χ0) is 12.3. The van der Waals surface area contributed by atoms with Gasteiger partial charge in [-0.3, -0.25) is 0 Å². The van der Waals surface area contributed by atoms with E-state index < -0.39 is 0 Å². The van der Waals surface area contributed by atoms with E-state index in [1.807, 2.05) is 6.07 Å². The van der Waals surface area contributed by atoms with Crippen molar-refractivity contribution in [2.45, 2.75) is 31.8 Å². The number of anilines is 1. The number of halogens is 1. The highest BCUT2D eigenvalue weighted by atomic mass is 19.1. The van der Waals surface area contributed by atoms with Crippen molar-refractivity contribution >= 4 is 5.69 Å². The number of hydrogen-bond donors (Lipinski definition) is 2. The molecule has 1 fully saturated rings. The fraction of sp³-hybridized carbons (Fsp3) is 0.462. The predicted octanol–water partition coefficient (Wildman–Crippen LogP) is 2.25. The van der Waals surface area contributed by atoms with Crippen LogP contribution in [0.5, 0.6) is 0 Å². The monoisotopic (exact) mass is 233 g/mol. The molecule has 0 amide bonds. The predicted molar refractivity (Wildman–Crippen MR) is 65.2 cm³/mol. The Morgan fingerprint density at radius 2 is 2.29 bits per heavy atom. The largest absolute Gasteiger partial charge is 0.382 e. The van der Waals surface area contributed by atoms with Crippen LogP contribution in [0.25, 0.3) is 0 Å². The molecule has 0 aliphatic carbocycles. The van der Waals surface area contributed by atoms with Crippen LogP contribution in [0.2, 0.25) is 0 Å². The molecule has 0 aromatic heterocycles. The molecular weight excluding hydrogens is 217 g/mol. The zero-order valence-corrected chi connectivity index (χ0v) is 9.83. The van der Waals surface area contributed by atoms with Crippen molar-refractivity contribution in [2.24, 2.45) is 0 Å². The number of hydrogen-bond acceptors (Lipinski definition) is 3. The Morgan fingerprint density at radius 1 is 1.47 bits per heavy atom. The van der Waals surface area contributed by atoms with E-state index in [1.54, 1.807) is 6.07 Å². The summed E-state index contributed by atoms with van der Waals surface area (Å²) >= 11 is 0. The van der Waals surface area contributed by atoms with Crippen molar-refractivity contribution in [3.8, 4) is 6.07 Å². The lowest BCUT2D eigenvalue weighted by Gasteiger charge is -2.29. The van der Waals surface area contributed by atoms with E-state index in [0.717, 1.165) is 19.4 Å². The maximum atomic E-state index is 13.2.